The maximum Gasteiger partial charge on any atom is 0.0484 e. The van der Waals surface area contributed by atoms with Crippen molar-refractivity contribution in [1.82, 2.24) is 0 Å². The molecule has 0 nitrogen and oxygen atoms in total. The van der Waals surface area contributed by atoms with E-state index < -0.39 is 0 Å². The van der Waals surface area contributed by atoms with Gasteiger partial charge in [0.2, 0.25) is 0 Å². The van der Waals surface area contributed by atoms with E-state index in [-0.39, 0.29) is 0 Å². The Kier molecular flexibility index (Phi) is 5.80. The molecule has 3 rings (SSSR count). The fraction of sp³-hybridized carbons (Fsp3) is 0.143. The molecule has 0 aliphatic rings. The van der Waals surface area contributed by atoms with Gasteiger partial charge in [-0.2, -0.15) is 0 Å². The highest BCUT2D eigenvalue weighted by Gasteiger charge is 2.03. The van der Waals surface area contributed by atoms with Crippen LogP contribution in [0.5, 0.6) is 0 Å². The van der Waals surface area contributed by atoms with Gasteiger partial charge in [0.05, 0.1) is 0 Å². The lowest BCUT2D eigenvalue weighted by Gasteiger charge is -2.06. The van der Waals surface area contributed by atoms with Gasteiger partial charge in [0.1, 0.15) is 0 Å². The summed E-state index contributed by atoms with van der Waals surface area (Å²) >= 11 is 6.13. The average molecular weight is 309 g/mol. The van der Waals surface area contributed by atoms with Crippen molar-refractivity contribution in [1.29, 1.82) is 0 Å². The van der Waals surface area contributed by atoms with Gasteiger partial charge in [0, 0.05) is 10.6 Å². The van der Waals surface area contributed by atoms with Crippen LogP contribution in [0.1, 0.15) is 16.7 Å². The van der Waals surface area contributed by atoms with Crippen LogP contribution in [0.15, 0.2) is 72.8 Å². The van der Waals surface area contributed by atoms with Crippen LogP contribution >= 0.6 is 11.6 Å². The molecular weight excluding hydrogens is 288 g/mol. The Hall–Kier alpha value is -2.05. The van der Waals surface area contributed by atoms with Gasteiger partial charge in [-0.05, 0) is 49.1 Å². The van der Waals surface area contributed by atoms with Crippen molar-refractivity contribution >= 4 is 11.6 Å². The highest BCUT2D eigenvalue weighted by molar-refractivity contribution is 6.33. The van der Waals surface area contributed by atoms with E-state index >= 15 is 0 Å². The van der Waals surface area contributed by atoms with Crippen LogP contribution < -0.4 is 0 Å². The first-order chi connectivity index (χ1) is 10.6. The summed E-state index contributed by atoms with van der Waals surface area (Å²) < 4.78 is 0. The van der Waals surface area contributed by atoms with Crippen molar-refractivity contribution in [3.05, 3.63) is 94.5 Å². The van der Waals surface area contributed by atoms with Crippen LogP contribution in [0.2, 0.25) is 5.02 Å². The number of hydrogen-bond acceptors (Lipinski definition) is 0. The lowest BCUT2D eigenvalue weighted by Crippen LogP contribution is -1.82. The summed E-state index contributed by atoms with van der Waals surface area (Å²) in [6.07, 6.45) is 0. The molecule has 0 saturated heterocycles. The Morgan fingerprint density at radius 1 is 0.500 bits per heavy atom. The quantitative estimate of drug-likeness (QED) is 0.474. The summed E-state index contributed by atoms with van der Waals surface area (Å²) in [5, 5.41) is 0.807. The summed E-state index contributed by atoms with van der Waals surface area (Å²) in [7, 11) is 0. The molecule has 0 bridgehead atoms. The van der Waals surface area contributed by atoms with Crippen LogP contribution in [0, 0.1) is 20.8 Å². The lowest BCUT2D eigenvalue weighted by molar-refractivity contribution is 1.34. The predicted molar refractivity (Wildman–Crippen MR) is 97.5 cm³/mol. The van der Waals surface area contributed by atoms with E-state index in [1.54, 1.807) is 0 Å². The van der Waals surface area contributed by atoms with E-state index in [9.17, 15) is 0 Å². The Morgan fingerprint density at radius 2 is 0.909 bits per heavy atom. The minimum atomic E-state index is 0.807. The fourth-order valence-electron chi connectivity index (χ4n) is 2.22. The van der Waals surface area contributed by atoms with Crippen molar-refractivity contribution in [3.8, 4) is 11.1 Å². The minimum Gasteiger partial charge on any atom is -0.0837 e. The van der Waals surface area contributed by atoms with Crippen molar-refractivity contribution in [3.63, 3.8) is 0 Å². The Labute approximate surface area is 138 Å². The molecule has 0 N–H and O–H groups in total. The zero-order valence-electron chi connectivity index (χ0n) is 13.3. The topological polar surface area (TPSA) is 0 Å². The van der Waals surface area contributed by atoms with Crippen molar-refractivity contribution in [2.75, 3.05) is 0 Å². The zero-order valence-corrected chi connectivity index (χ0v) is 14.1. The number of hydrogen-bond donors (Lipinski definition) is 0. The van der Waals surface area contributed by atoms with E-state index in [1.807, 2.05) is 36.4 Å². The molecule has 0 aliphatic carbocycles. The molecule has 0 spiro atoms. The first kappa shape index (κ1) is 16.3. The molecule has 0 amide bonds. The zero-order chi connectivity index (χ0) is 15.9. The third kappa shape index (κ3) is 4.22. The van der Waals surface area contributed by atoms with Crippen LogP contribution in [0.3, 0.4) is 0 Å². The van der Waals surface area contributed by atoms with Gasteiger partial charge in [-0.25, -0.2) is 0 Å². The van der Waals surface area contributed by atoms with Gasteiger partial charge in [-0.1, -0.05) is 78.3 Å². The van der Waals surface area contributed by atoms with Crippen LogP contribution in [0.25, 0.3) is 11.1 Å². The second-order valence-electron chi connectivity index (χ2n) is 5.38. The van der Waals surface area contributed by atoms with E-state index in [0.29, 0.717) is 0 Å². The number of aryl methyl sites for hydroxylation is 3. The minimum absolute atomic E-state index is 0.807. The largest absolute Gasteiger partial charge is 0.0837 e. The average Bonchev–Trinajstić information content (AvgIpc) is 2.52. The second kappa shape index (κ2) is 7.82. The Morgan fingerprint density at radius 3 is 1.36 bits per heavy atom. The standard InChI is InChI=1S/C13H11Cl.C8H10/c1-10-6-2-3-7-11(10)12-8-4-5-9-13(12)14;1-7-5-3-4-6-8(7)2/h2-9H,1H3;3-6H,1-2H3. The number of benzene rings is 3. The molecule has 0 unspecified atom stereocenters. The lowest BCUT2D eigenvalue weighted by atomic mass is 10.0. The molecule has 0 saturated carbocycles. The normalized spacial score (nSPS) is 9.82. The highest BCUT2D eigenvalue weighted by Crippen LogP contribution is 2.29. The molecular formula is C21H21Cl. The Balaban J connectivity index is 0.000000188. The van der Waals surface area contributed by atoms with Crippen molar-refractivity contribution in [2.24, 2.45) is 0 Å². The maximum atomic E-state index is 6.13. The summed E-state index contributed by atoms with van der Waals surface area (Å²) in [5.74, 6) is 0. The summed E-state index contributed by atoms with van der Waals surface area (Å²) in [5.41, 5.74) is 6.30. The third-order valence-corrected chi connectivity index (χ3v) is 4.06. The molecule has 0 heterocycles. The summed E-state index contributed by atoms with van der Waals surface area (Å²) in [6, 6.07) is 24.5. The highest BCUT2D eigenvalue weighted by atomic mass is 35.5. The summed E-state index contributed by atoms with van der Waals surface area (Å²) in [4.78, 5) is 0. The molecule has 3 aromatic rings. The van der Waals surface area contributed by atoms with Gasteiger partial charge < -0.3 is 0 Å². The monoisotopic (exact) mass is 308 g/mol. The van der Waals surface area contributed by atoms with Crippen LogP contribution in [-0.2, 0) is 0 Å². The fourth-order valence-corrected chi connectivity index (χ4v) is 2.45. The molecule has 112 valence electrons. The van der Waals surface area contributed by atoms with E-state index in [0.717, 1.165) is 10.6 Å². The molecule has 0 fully saturated rings. The smallest absolute Gasteiger partial charge is 0.0484 e. The maximum absolute atomic E-state index is 6.13. The molecule has 1 heteroatoms. The van der Waals surface area contributed by atoms with Crippen molar-refractivity contribution < 1.29 is 0 Å². The van der Waals surface area contributed by atoms with Gasteiger partial charge in [0.15, 0.2) is 0 Å². The summed E-state index contributed by atoms with van der Waals surface area (Å²) in [6.45, 7) is 6.34. The van der Waals surface area contributed by atoms with Gasteiger partial charge in [-0.15, -0.1) is 0 Å². The van der Waals surface area contributed by atoms with Crippen molar-refractivity contribution in [2.45, 2.75) is 20.8 Å². The number of halogens is 1. The van der Waals surface area contributed by atoms with Gasteiger partial charge >= 0.3 is 0 Å². The predicted octanol–water partition coefficient (Wildman–Crippen LogP) is 6.62. The van der Waals surface area contributed by atoms with Gasteiger partial charge in [0.25, 0.3) is 0 Å². The van der Waals surface area contributed by atoms with Crippen LogP contribution in [-0.4, -0.2) is 0 Å². The molecule has 0 radical (unpaired) electrons. The molecule has 0 aliphatic heterocycles. The van der Waals surface area contributed by atoms with E-state index in [4.69, 9.17) is 11.6 Å². The SMILES string of the molecule is Cc1ccccc1-c1ccccc1Cl.Cc1ccccc1C. The van der Waals surface area contributed by atoms with E-state index in [2.05, 4.69) is 57.2 Å². The molecule has 0 aromatic heterocycles. The third-order valence-electron chi connectivity index (χ3n) is 3.73. The molecule has 3 aromatic carbocycles. The van der Waals surface area contributed by atoms with Crippen LogP contribution in [0.4, 0.5) is 0 Å². The first-order valence-corrected chi connectivity index (χ1v) is 7.80. The first-order valence-electron chi connectivity index (χ1n) is 7.42. The number of rotatable bonds is 1. The molecule has 0 atom stereocenters. The molecule has 22 heavy (non-hydrogen) atoms. The Bertz CT molecular complexity index is 680. The van der Waals surface area contributed by atoms with Gasteiger partial charge in [-0.3, -0.25) is 0 Å². The second-order valence-corrected chi connectivity index (χ2v) is 5.79. The van der Waals surface area contributed by atoms with E-state index in [1.165, 1.54) is 22.3 Å².